The van der Waals surface area contributed by atoms with Crippen molar-refractivity contribution in [1.82, 2.24) is 14.5 Å². The van der Waals surface area contributed by atoms with Crippen molar-refractivity contribution in [3.05, 3.63) is 64.7 Å². The van der Waals surface area contributed by atoms with Gasteiger partial charge in [-0.2, -0.15) is 4.31 Å². The van der Waals surface area contributed by atoms with Crippen molar-refractivity contribution in [3.63, 3.8) is 0 Å². The molecule has 31 heavy (non-hydrogen) atoms. The average Bonchev–Trinajstić information content (AvgIpc) is 3.24. The predicted octanol–water partition coefficient (Wildman–Crippen LogP) is 3.26. The first-order chi connectivity index (χ1) is 14.8. The van der Waals surface area contributed by atoms with E-state index in [1.54, 1.807) is 24.3 Å². The first kappa shape index (κ1) is 21.7. The zero-order chi connectivity index (χ0) is 22.0. The molecule has 1 saturated heterocycles. The number of carbonyl (C=O) groups is 1. The molecule has 1 fully saturated rings. The average molecular weight is 478 g/mol. The molecule has 1 aliphatic heterocycles. The lowest BCUT2D eigenvalue weighted by Gasteiger charge is -2.34. The van der Waals surface area contributed by atoms with E-state index >= 15 is 0 Å². The number of piperazine rings is 1. The summed E-state index contributed by atoms with van der Waals surface area (Å²) in [4.78, 5) is 14.5. The van der Waals surface area contributed by atoms with Gasteiger partial charge in [0, 0.05) is 42.5 Å². The summed E-state index contributed by atoms with van der Waals surface area (Å²) in [6.45, 7) is 3.90. The normalized spacial score (nSPS) is 15.1. The lowest BCUT2D eigenvalue weighted by atomic mass is 10.2. The molecule has 3 aromatic rings. The van der Waals surface area contributed by atoms with Crippen LogP contribution in [0.15, 0.2) is 52.9 Å². The van der Waals surface area contributed by atoms with Gasteiger partial charge in [-0.1, -0.05) is 40.6 Å². The molecule has 8 nitrogen and oxygen atoms in total. The third-order valence-electron chi connectivity index (χ3n) is 4.93. The fraction of sp³-hybridized carbons (Fsp3) is 0.250. The molecule has 0 aliphatic carbocycles. The fourth-order valence-electron chi connectivity index (χ4n) is 3.19. The number of amides is 1. The molecule has 1 aromatic heterocycles. The van der Waals surface area contributed by atoms with Crippen LogP contribution in [-0.4, -0.2) is 55.0 Å². The summed E-state index contributed by atoms with van der Waals surface area (Å²) in [6.07, 6.45) is 0. The minimum absolute atomic E-state index is 0.122. The van der Waals surface area contributed by atoms with Gasteiger partial charge in [-0.05, 0) is 43.3 Å². The van der Waals surface area contributed by atoms with Crippen LogP contribution in [0.1, 0.15) is 15.9 Å². The zero-order valence-corrected chi connectivity index (χ0v) is 19.0. The van der Waals surface area contributed by atoms with Crippen LogP contribution in [0.25, 0.3) is 0 Å². The smallest absolute Gasteiger partial charge is 0.272 e. The number of benzene rings is 2. The highest BCUT2D eigenvalue weighted by Crippen LogP contribution is 2.26. The monoisotopic (exact) mass is 477 g/mol. The largest absolute Gasteiger partial charge is 0.369 e. The highest BCUT2D eigenvalue weighted by molar-refractivity contribution is 7.91. The van der Waals surface area contributed by atoms with E-state index in [0.29, 0.717) is 36.8 Å². The fourth-order valence-corrected chi connectivity index (χ4v) is 5.77. The second-order valence-corrected chi connectivity index (χ2v) is 10.6. The Balaban J connectivity index is 1.40. The van der Waals surface area contributed by atoms with Crippen molar-refractivity contribution in [3.8, 4) is 0 Å². The number of rotatable bonds is 5. The van der Waals surface area contributed by atoms with Crippen molar-refractivity contribution < 1.29 is 13.2 Å². The van der Waals surface area contributed by atoms with Gasteiger partial charge in [0.15, 0.2) is 0 Å². The van der Waals surface area contributed by atoms with Crippen LogP contribution in [0.2, 0.25) is 5.02 Å². The Hall–Kier alpha value is -2.53. The SMILES string of the molecule is Cc1ccc(N2CCN(S(=O)(=O)c3nnc(NC(=O)c4ccc(Cl)cc4)s3)CC2)cc1. The number of halogens is 1. The molecule has 0 bridgehead atoms. The number of sulfonamides is 1. The molecule has 0 atom stereocenters. The van der Waals surface area contributed by atoms with Gasteiger partial charge in [0.2, 0.25) is 9.47 Å². The predicted molar refractivity (Wildman–Crippen MR) is 121 cm³/mol. The van der Waals surface area contributed by atoms with E-state index in [0.717, 1.165) is 17.0 Å². The number of carbonyl (C=O) groups excluding carboxylic acids is 1. The van der Waals surface area contributed by atoms with E-state index < -0.39 is 15.9 Å². The summed E-state index contributed by atoms with van der Waals surface area (Å²) in [5, 5.41) is 10.8. The maximum atomic E-state index is 13.0. The van der Waals surface area contributed by atoms with E-state index in [2.05, 4.69) is 20.4 Å². The summed E-state index contributed by atoms with van der Waals surface area (Å²) in [5.74, 6) is -0.413. The molecule has 11 heteroatoms. The second kappa shape index (κ2) is 8.91. The van der Waals surface area contributed by atoms with E-state index in [1.807, 2.05) is 31.2 Å². The van der Waals surface area contributed by atoms with Gasteiger partial charge in [-0.15, -0.1) is 10.2 Å². The molecule has 2 aromatic carbocycles. The number of hydrogen-bond acceptors (Lipinski definition) is 7. The number of nitrogens with zero attached hydrogens (tertiary/aromatic N) is 4. The molecular weight excluding hydrogens is 458 g/mol. The Morgan fingerprint density at radius 3 is 2.29 bits per heavy atom. The maximum absolute atomic E-state index is 13.0. The highest BCUT2D eigenvalue weighted by atomic mass is 35.5. The van der Waals surface area contributed by atoms with Gasteiger partial charge in [0.25, 0.3) is 15.9 Å². The van der Waals surface area contributed by atoms with E-state index in [4.69, 9.17) is 11.6 Å². The van der Waals surface area contributed by atoms with Gasteiger partial charge in [0.05, 0.1) is 0 Å². The van der Waals surface area contributed by atoms with E-state index in [-0.39, 0.29) is 9.47 Å². The first-order valence-electron chi connectivity index (χ1n) is 9.55. The van der Waals surface area contributed by atoms with Crippen molar-refractivity contribution in [2.45, 2.75) is 11.3 Å². The Bertz CT molecular complexity index is 1170. The quantitative estimate of drug-likeness (QED) is 0.567. The molecule has 0 spiro atoms. The molecule has 0 saturated carbocycles. The van der Waals surface area contributed by atoms with Crippen molar-refractivity contribution in [2.75, 3.05) is 36.4 Å². The number of aromatic nitrogens is 2. The standard InChI is InChI=1S/C20H20ClN5O3S2/c1-14-2-8-17(9-3-14)25-10-12-26(13-11-25)31(28,29)20-24-23-19(30-20)22-18(27)15-4-6-16(21)7-5-15/h2-9H,10-13H2,1H3,(H,22,23,27). The molecule has 0 unspecified atom stereocenters. The van der Waals surface area contributed by atoms with Crippen LogP contribution in [0.3, 0.4) is 0 Å². The van der Waals surface area contributed by atoms with Crippen LogP contribution in [0.5, 0.6) is 0 Å². The molecule has 162 valence electrons. The third kappa shape index (κ3) is 4.87. The number of hydrogen-bond donors (Lipinski definition) is 1. The van der Waals surface area contributed by atoms with Crippen molar-refractivity contribution in [2.24, 2.45) is 0 Å². The Kier molecular flexibility index (Phi) is 6.24. The van der Waals surface area contributed by atoms with Crippen LogP contribution < -0.4 is 10.2 Å². The highest BCUT2D eigenvalue weighted by Gasteiger charge is 2.32. The van der Waals surface area contributed by atoms with Gasteiger partial charge < -0.3 is 4.90 Å². The lowest BCUT2D eigenvalue weighted by Crippen LogP contribution is -2.48. The van der Waals surface area contributed by atoms with Gasteiger partial charge in [0.1, 0.15) is 0 Å². The second-order valence-electron chi connectivity index (χ2n) is 7.06. The minimum atomic E-state index is -3.78. The summed E-state index contributed by atoms with van der Waals surface area (Å²) in [7, 11) is -3.78. The lowest BCUT2D eigenvalue weighted by molar-refractivity contribution is 0.102. The Morgan fingerprint density at radius 2 is 1.65 bits per heavy atom. The number of aryl methyl sites for hydroxylation is 1. The molecule has 4 rings (SSSR count). The van der Waals surface area contributed by atoms with Crippen LogP contribution in [0.4, 0.5) is 10.8 Å². The first-order valence-corrected chi connectivity index (χ1v) is 12.2. The number of nitrogens with one attached hydrogen (secondary N) is 1. The maximum Gasteiger partial charge on any atom is 0.272 e. The molecule has 1 aliphatic rings. The zero-order valence-electron chi connectivity index (χ0n) is 16.7. The molecule has 0 radical (unpaired) electrons. The van der Waals surface area contributed by atoms with Gasteiger partial charge in [-0.25, -0.2) is 8.42 Å². The van der Waals surface area contributed by atoms with E-state index in [1.165, 1.54) is 9.87 Å². The molecule has 1 N–H and O–H groups in total. The molecule has 2 heterocycles. The summed E-state index contributed by atoms with van der Waals surface area (Å²) in [6, 6.07) is 14.5. The van der Waals surface area contributed by atoms with Gasteiger partial charge >= 0.3 is 0 Å². The van der Waals surface area contributed by atoms with Crippen molar-refractivity contribution in [1.29, 1.82) is 0 Å². The van der Waals surface area contributed by atoms with Gasteiger partial charge in [-0.3, -0.25) is 10.1 Å². The van der Waals surface area contributed by atoms with Crippen LogP contribution in [0, 0.1) is 6.92 Å². The third-order valence-corrected chi connectivity index (χ3v) is 8.27. The van der Waals surface area contributed by atoms with Crippen LogP contribution >= 0.6 is 22.9 Å². The van der Waals surface area contributed by atoms with Crippen LogP contribution in [-0.2, 0) is 10.0 Å². The summed E-state index contributed by atoms with van der Waals surface area (Å²) in [5.41, 5.74) is 2.64. The van der Waals surface area contributed by atoms with Crippen molar-refractivity contribution >= 4 is 49.7 Å². The minimum Gasteiger partial charge on any atom is -0.369 e. The Labute approximate surface area is 189 Å². The summed E-state index contributed by atoms with van der Waals surface area (Å²) < 4.78 is 27.2. The summed E-state index contributed by atoms with van der Waals surface area (Å²) >= 11 is 6.66. The Morgan fingerprint density at radius 1 is 1.00 bits per heavy atom. The molecule has 1 amide bonds. The van der Waals surface area contributed by atoms with E-state index in [9.17, 15) is 13.2 Å². The molecular formula is C20H20ClN5O3S2. The topological polar surface area (TPSA) is 95.5 Å². The number of anilines is 2.